The second-order valence-corrected chi connectivity index (χ2v) is 5.23. The van der Waals surface area contributed by atoms with Crippen LogP contribution in [0.2, 0.25) is 0 Å². The third-order valence-corrected chi connectivity index (χ3v) is 3.98. The largest absolute Gasteiger partial charge is 0.300 e. The molecule has 2 fully saturated rings. The summed E-state index contributed by atoms with van der Waals surface area (Å²) in [5.74, 6) is 1.37. The van der Waals surface area contributed by atoms with E-state index in [0.717, 1.165) is 12.3 Å². The highest BCUT2D eigenvalue weighted by atomic mass is 16.1. The predicted molar refractivity (Wildman–Crippen MR) is 53.5 cm³/mol. The molecule has 0 N–H and O–H groups in total. The SMILES string of the molecule is CC(=O)CC12CCCC(CCC1)C2. The van der Waals surface area contributed by atoms with Gasteiger partial charge in [0.15, 0.2) is 0 Å². The van der Waals surface area contributed by atoms with E-state index in [4.69, 9.17) is 0 Å². The van der Waals surface area contributed by atoms with Crippen LogP contribution in [0.4, 0.5) is 0 Å². The summed E-state index contributed by atoms with van der Waals surface area (Å²) in [7, 11) is 0. The van der Waals surface area contributed by atoms with Crippen LogP contribution in [0.25, 0.3) is 0 Å². The summed E-state index contributed by atoms with van der Waals surface area (Å²) in [6.07, 6.45) is 10.5. The van der Waals surface area contributed by atoms with E-state index in [-0.39, 0.29) is 0 Å². The van der Waals surface area contributed by atoms with Crippen molar-refractivity contribution in [2.75, 3.05) is 0 Å². The molecule has 0 aromatic rings. The zero-order chi connectivity index (χ0) is 9.31. The van der Waals surface area contributed by atoms with Gasteiger partial charge in [-0.15, -0.1) is 0 Å². The smallest absolute Gasteiger partial charge is 0.130 e. The summed E-state index contributed by atoms with van der Waals surface area (Å²) < 4.78 is 0. The fraction of sp³-hybridized carbons (Fsp3) is 0.917. The molecule has 2 rings (SSSR count). The van der Waals surface area contributed by atoms with Gasteiger partial charge in [-0.3, -0.25) is 0 Å². The van der Waals surface area contributed by atoms with Gasteiger partial charge in [-0.2, -0.15) is 0 Å². The van der Waals surface area contributed by atoms with Gasteiger partial charge in [0.25, 0.3) is 0 Å². The van der Waals surface area contributed by atoms with Crippen LogP contribution >= 0.6 is 0 Å². The maximum atomic E-state index is 11.2. The third-order valence-electron chi connectivity index (χ3n) is 3.98. The second-order valence-electron chi connectivity index (χ2n) is 5.23. The van der Waals surface area contributed by atoms with E-state index in [9.17, 15) is 4.79 Å². The van der Waals surface area contributed by atoms with Gasteiger partial charge >= 0.3 is 0 Å². The van der Waals surface area contributed by atoms with Crippen molar-refractivity contribution in [3.8, 4) is 0 Å². The van der Waals surface area contributed by atoms with E-state index in [2.05, 4.69) is 0 Å². The highest BCUT2D eigenvalue weighted by Crippen LogP contribution is 2.50. The Morgan fingerprint density at radius 1 is 1.31 bits per heavy atom. The fourth-order valence-electron chi connectivity index (χ4n) is 3.60. The molecule has 1 nitrogen and oxygen atoms in total. The zero-order valence-electron chi connectivity index (χ0n) is 8.64. The van der Waals surface area contributed by atoms with Crippen LogP contribution in [0.5, 0.6) is 0 Å². The van der Waals surface area contributed by atoms with Crippen LogP contribution in [0.1, 0.15) is 58.3 Å². The zero-order valence-corrected chi connectivity index (χ0v) is 8.64. The molecular weight excluding hydrogens is 160 g/mol. The molecule has 2 aliphatic rings. The van der Waals surface area contributed by atoms with Gasteiger partial charge in [0, 0.05) is 6.42 Å². The van der Waals surface area contributed by atoms with Gasteiger partial charge in [0.1, 0.15) is 5.78 Å². The van der Waals surface area contributed by atoms with E-state index < -0.39 is 0 Å². The molecule has 0 aromatic carbocycles. The van der Waals surface area contributed by atoms with Gasteiger partial charge in [-0.05, 0) is 37.5 Å². The number of carbonyl (C=O) groups excluding carboxylic acids is 1. The van der Waals surface area contributed by atoms with Gasteiger partial charge in [0.2, 0.25) is 0 Å². The second kappa shape index (κ2) is 3.43. The molecule has 74 valence electrons. The minimum absolute atomic E-state index is 0.405. The number of hydrogen-bond donors (Lipinski definition) is 0. The number of carbonyl (C=O) groups is 1. The topological polar surface area (TPSA) is 17.1 Å². The minimum atomic E-state index is 0.405. The molecule has 0 spiro atoms. The lowest BCUT2D eigenvalue weighted by Crippen LogP contribution is -2.34. The molecule has 13 heavy (non-hydrogen) atoms. The predicted octanol–water partition coefficient (Wildman–Crippen LogP) is 3.33. The Balaban J connectivity index is 2.05. The van der Waals surface area contributed by atoms with Crippen molar-refractivity contribution in [2.24, 2.45) is 11.3 Å². The van der Waals surface area contributed by atoms with Gasteiger partial charge in [-0.1, -0.05) is 25.7 Å². The van der Waals surface area contributed by atoms with Crippen molar-refractivity contribution in [1.29, 1.82) is 0 Å². The normalized spacial score (nSPS) is 38.7. The van der Waals surface area contributed by atoms with E-state index >= 15 is 0 Å². The van der Waals surface area contributed by atoms with Crippen LogP contribution in [0.3, 0.4) is 0 Å². The molecule has 0 heterocycles. The van der Waals surface area contributed by atoms with Gasteiger partial charge in [-0.25, -0.2) is 0 Å². The van der Waals surface area contributed by atoms with E-state index in [1.165, 1.54) is 44.9 Å². The summed E-state index contributed by atoms with van der Waals surface area (Å²) in [5.41, 5.74) is 0.451. The summed E-state index contributed by atoms with van der Waals surface area (Å²) in [6, 6.07) is 0. The molecule has 0 saturated heterocycles. The Hall–Kier alpha value is -0.330. The van der Waals surface area contributed by atoms with Crippen molar-refractivity contribution in [3.05, 3.63) is 0 Å². The molecule has 2 bridgehead atoms. The van der Waals surface area contributed by atoms with E-state index in [1.807, 2.05) is 0 Å². The first kappa shape index (κ1) is 9.23. The Bertz CT molecular complexity index is 197. The lowest BCUT2D eigenvalue weighted by atomic mass is 9.60. The summed E-state index contributed by atoms with van der Waals surface area (Å²) in [5, 5.41) is 0. The minimum Gasteiger partial charge on any atom is -0.300 e. The molecular formula is C12H20O. The maximum Gasteiger partial charge on any atom is 0.130 e. The molecule has 0 unspecified atom stereocenters. The monoisotopic (exact) mass is 180 g/mol. The standard InChI is InChI=1S/C12H20O/c1-10(13)8-12-6-2-4-11(9-12)5-3-7-12/h11H,2-9H2,1H3. The average molecular weight is 180 g/mol. The molecule has 2 saturated carbocycles. The van der Waals surface area contributed by atoms with Crippen LogP contribution in [0, 0.1) is 11.3 Å². The highest BCUT2D eigenvalue weighted by Gasteiger charge is 2.39. The summed E-state index contributed by atoms with van der Waals surface area (Å²) in [6.45, 7) is 1.76. The van der Waals surface area contributed by atoms with Crippen molar-refractivity contribution in [1.82, 2.24) is 0 Å². The molecule has 0 radical (unpaired) electrons. The van der Waals surface area contributed by atoms with Crippen LogP contribution < -0.4 is 0 Å². The Labute approximate surface area is 80.9 Å². The first-order valence-electron chi connectivity index (χ1n) is 5.70. The number of fused-ring (bicyclic) bond motifs is 2. The van der Waals surface area contributed by atoms with Crippen molar-refractivity contribution >= 4 is 5.78 Å². The van der Waals surface area contributed by atoms with Crippen LogP contribution in [-0.4, -0.2) is 5.78 Å². The lowest BCUT2D eigenvalue weighted by molar-refractivity contribution is -0.120. The third kappa shape index (κ3) is 1.95. The van der Waals surface area contributed by atoms with Gasteiger partial charge in [0.05, 0.1) is 0 Å². The molecule has 1 heteroatoms. The number of Topliss-reactive ketones (excluding diaryl/α,β-unsaturated/α-hetero) is 1. The van der Waals surface area contributed by atoms with Crippen molar-refractivity contribution in [2.45, 2.75) is 58.3 Å². The molecule has 2 aliphatic carbocycles. The van der Waals surface area contributed by atoms with E-state index in [0.29, 0.717) is 11.2 Å². The van der Waals surface area contributed by atoms with Crippen LogP contribution in [-0.2, 0) is 4.79 Å². The summed E-state index contributed by atoms with van der Waals surface area (Å²) >= 11 is 0. The van der Waals surface area contributed by atoms with E-state index in [1.54, 1.807) is 6.92 Å². The van der Waals surface area contributed by atoms with Gasteiger partial charge < -0.3 is 4.79 Å². The Morgan fingerprint density at radius 2 is 1.92 bits per heavy atom. The Morgan fingerprint density at radius 3 is 2.46 bits per heavy atom. The van der Waals surface area contributed by atoms with Crippen molar-refractivity contribution < 1.29 is 4.79 Å². The molecule has 0 aliphatic heterocycles. The molecule has 0 atom stereocenters. The average Bonchev–Trinajstić information content (AvgIpc) is 2.02. The number of rotatable bonds is 2. The lowest BCUT2D eigenvalue weighted by Gasteiger charge is -2.45. The Kier molecular flexibility index (Phi) is 2.44. The first-order chi connectivity index (χ1) is 6.20. The quantitative estimate of drug-likeness (QED) is 0.637. The van der Waals surface area contributed by atoms with Crippen molar-refractivity contribution in [3.63, 3.8) is 0 Å². The number of hydrogen-bond acceptors (Lipinski definition) is 1. The highest BCUT2D eigenvalue weighted by molar-refractivity contribution is 5.76. The number of ketones is 1. The summed E-state index contributed by atoms with van der Waals surface area (Å²) in [4.78, 5) is 11.2. The van der Waals surface area contributed by atoms with Crippen LogP contribution in [0.15, 0.2) is 0 Å². The fourth-order valence-corrected chi connectivity index (χ4v) is 3.60. The molecule has 0 aromatic heterocycles. The molecule has 0 amide bonds. The maximum absolute atomic E-state index is 11.2. The first-order valence-corrected chi connectivity index (χ1v) is 5.70.